The van der Waals surface area contributed by atoms with Gasteiger partial charge in [0.1, 0.15) is 5.69 Å². The van der Waals surface area contributed by atoms with Gasteiger partial charge in [0.25, 0.3) is 0 Å². The number of anilines is 1. The fraction of sp³-hybridized carbons (Fsp3) is 0.250. The third-order valence-electron chi connectivity index (χ3n) is 3.77. The molecule has 3 rings (SSSR count). The molecule has 0 bridgehead atoms. The number of aryl methyl sites for hydroxylation is 2. The first kappa shape index (κ1) is 12.7. The molecule has 0 spiro atoms. The highest BCUT2D eigenvalue weighted by Gasteiger charge is 2.17. The molecule has 0 radical (unpaired) electrons. The van der Waals surface area contributed by atoms with Crippen LogP contribution in [0.5, 0.6) is 0 Å². The zero-order valence-electron chi connectivity index (χ0n) is 12.0. The van der Waals surface area contributed by atoms with E-state index >= 15 is 0 Å². The van der Waals surface area contributed by atoms with Gasteiger partial charge < -0.3 is 5.73 Å². The van der Waals surface area contributed by atoms with E-state index in [-0.39, 0.29) is 0 Å². The van der Waals surface area contributed by atoms with Gasteiger partial charge in [-0.25, -0.2) is 4.98 Å². The number of hydrogen-bond acceptors (Lipinski definition) is 3. The van der Waals surface area contributed by atoms with Gasteiger partial charge in [0, 0.05) is 5.56 Å². The Balaban J connectivity index is 2.40. The van der Waals surface area contributed by atoms with Crippen LogP contribution in [0, 0.1) is 13.8 Å². The highest BCUT2D eigenvalue weighted by Crippen LogP contribution is 2.30. The van der Waals surface area contributed by atoms with Crippen LogP contribution in [0.4, 0.5) is 5.95 Å². The van der Waals surface area contributed by atoms with Crippen molar-refractivity contribution in [3.8, 4) is 11.3 Å². The summed E-state index contributed by atoms with van der Waals surface area (Å²) < 4.78 is 1.76. The molecule has 3 aromatic rings. The lowest BCUT2D eigenvalue weighted by Crippen LogP contribution is -2.05. The van der Waals surface area contributed by atoms with Crippen molar-refractivity contribution in [2.24, 2.45) is 0 Å². The SMILES string of the molecule is CCc1c(C)nn2c(N)nc(-c3ccccc3)c2c1C. The molecule has 0 fully saturated rings. The topological polar surface area (TPSA) is 56.2 Å². The standard InChI is InChI=1S/C16H18N4/c1-4-13-10(2)15-14(12-8-6-5-7-9-12)18-16(17)20(15)19-11(13)3/h5-9H,4H2,1-3H3,(H2,17,18). The summed E-state index contributed by atoms with van der Waals surface area (Å²) in [6.07, 6.45) is 0.959. The van der Waals surface area contributed by atoms with Crippen LogP contribution < -0.4 is 5.73 Å². The van der Waals surface area contributed by atoms with Gasteiger partial charge in [-0.2, -0.15) is 9.61 Å². The predicted octanol–water partition coefficient (Wildman–Crippen LogP) is 3.16. The molecule has 0 atom stereocenters. The Morgan fingerprint density at radius 3 is 2.50 bits per heavy atom. The van der Waals surface area contributed by atoms with Gasteiger partial charge in [-0.05, 0) is 31.4 Å². The van der Waals surface area contributed by atoms with E-state index in [0.29, 0.717) is 5.95 Å². The Bertz CT molecular complexity index is 772. The van der Waals surface area contributed by atoms with Crippen molar-refractivity contribution in [1.82, 2.24) is 14.6 Å². The molecule has 0 aliphatic heterocycles. The number of hydrogen-bond donors (Lipinski definition) is 1. The molecule has 0 amide bonds. The lowest BCUT2D eigenvalue weighted by Gasteiger charge is -2.10. The largest absolute Gasteiger partial charge is 0.368 e. The van der Waals surface area contributed by atoms with Gasteiger partial charge in [-0.15, -0.1) is 0 Å². The van der Waals surface area contributed by atoms with Gasteiger partial charge in [0.2, 0.25) is 5.95 Å². The van der Waals surface area contributed by atoms with Gasteiger partial charge in [-0.3, -0.25) is 0 Å². The maximum Gasteiger partial charge on any atom is 0.222 e. The molecule has 0 aliphatic carbocycles. The van der Waals surface area contributed by atoms with Crippen molar-refractivity contribution in [3.63, 3.8) is 0 Å². The van der Waals surface area contributed by atoms with Crippen molar-refractivity contribution >= 4 is 11.5 Å². The van der Waals surface area contributed by atoms with Gasteiger partial charge in [-0.1, -0.05) is 37.3 Å². The van der Waals surface area contributed by atoms with Crippen LogP contribution in [0.1, 0.15) is 23.7 Å². The van der Waals surface area contributed by atoms with Gasteiger partial charge >= 0.3 is 0 Å². The summed E-state index contributed by atoms with van der Waals surface area (Å²) in [5.41, 5.74) is 12.5. The highest BCUT2D eigenvalue weighted by molar-refractivity contribution is 5.82. The smallest absolute Gasteiger partial charge is 0.222 e. The zero-order chi connectivity index (χ0) is 14.3. The highest BCUT2D eigenvalue weighted by atomic mass is 15.3. The van der Waals surface area contributed by atoms with Crippen LogP contribution in [0.2, 0.25) is 0 Å². The Hall–Kier alpha value is -2.36. The molecule has 1 aromatic carbocycles. The molecular formula is C16H18N4. The summed E-state index contributed by atoms with van der Waals surface area (Å²) in [6.45, 7) is 6.29. The number of imidazole rings is 1. The number of nitrogen functional groups attached to an aromatic ring is 1. The maximum atomic E-state index is 6.03. The molecule has 2 N–H and O–H groups in total. The number of nitrogens with zero attached hydrogens (tertiary/aromatic N) is 3. The monoisotopic (exact) mass is 266 g/mol. The number of fused-ring (bicyclic) bond motifs is 1. The number of nitrogens with two attached hydrogens (primary N) is 1. The molecule has 102 valence electrons. The molecule has 4 heteroatoms. The number of benzene rings is 1. The van der Waals surface area contributed by atoms with E-state index in [1.165, 1.54) is 11.1 Å². The summed E-state index contributed by atoms with van der Waals surface area (Å²) in [7, 11) is 0. The Morgan fingerprint density at radius 1 is 1.15 bits per heavy atom. The average molecular weight is 266 g/mol. The third-order valence-corrected chi connectivity index (χ3v) is 3.77. The second-order valence-electron chi connectivity index (χ2n) is 4.99. The van der Waals surface area contributed by atoms with E-state index in [1.807, 2.05) is 37.3 Å². The molecular weight excluding hydrogens is 248 g/mol. The summed E-state index contributed by atoms with van der Waals surface area (Å²) in [5, 5.41) is 4.58. The van der Waals surface area contributed by atoms with Crippen molar-refractivity contribution in [2.75, 3.05) is 5.73 Å². The summed E-state index contributed by atoms with van der Waals surface area (Å²) >= 11 is 0. The van der Waals surface area contributed by atoms with Crippen molar-refractivity contribution in [2.45, 2.75) is 27.2 Å². The van der Waals surface area contributed by atoms with E-state index in [9.17, 15) is 0 Å². The van der Waals surface area contributed by atoms with Crippen LogP contribution in [-0.4, -0.2) is 14.6 Å². The first-order valence-electron chi connectivity index (χ1n) is 6.83. The second-order valence-corrected chi connectivity index (χ2v) is 4.99. The number of aromatic nitrogens is 3. The second kappa shape index (κ2) is 4.63. The normalized spacial score (nSPS) is 11.2. The van der Waals surface area contributed by atoms with E-state index in [2.05, 4.69) is 23.9 Å². The zero-order valence-corrected chi connectivity index (χ0v) is 12.0. The quantitative estimate of drug-likeness (QED) is 0.775. The minimum absolute atomic E-state index is 0.438. The Kier molecular flexibility index (Phi) is 2.93. The van der Waals surface area contributed by atoms with E-state index in [1.54, 1.807) is 4.52 Å². The van der Waals surface area contributed by atoms with E-state index in [0.717, 1.165) is 28.9 Å². The molecule has 0 saturated carbocycles. The van der Waals surface area contributed by atoms with Crippen LogP contribution in [0.25, 0.3) is 16.8 Å². The van der Waals surface area contributed by atoms with Gasteiger partial charge in [0.05, 0.1) is 11.2 Å². The fourth-order valence-electron chi connectivity index (χ4n) is 2.81. The Morgan fingerprint density at radius 2 is 1.85 bits per heavy atom. The minimum Gasteiger partial charge on any atom is -0.368 e. The fourth-order valence-corrected chi connectivity index (χ4v) is 2.81. The third kappa shape index (κ3) is 1.76. The van der Waals surface area contributed by atoms with Crippen molar-refractivity contribution in [3.05, 3.63) is 47.2 Å². The van der Waals surface area contributed by atoms with Crippen LogP contribution in [0.15, 0.2) is 30.3 Å². The molecule has 20 heavy (non-hydrogen) atoms. The lowest BCUT2D eigenvalue weighted by molar-refractivity contribution is 0.869. The first-order valence-corrected chi connectivity index (χ1v) is 6.83. The predicted molar refractivity (Wildman–Crippen MR) is 81.7 cm³/mol. The van der Waals surface area contributed by atoms with Crippen molar-refractivity contribution in [1.29, 1.82) is 0 Å². The summed E-state index contributed by atoms with van der Waals surface area (Å²) in [4.78, 5) is 4.52. The van der Waals surface area contributed by atoms with Crippen LogP contribution >= 0.6 is 0 Å². The summed E-state index contributed by atoms with van der Waals surface area (Å²) in [5.74, 6) is 0.438. The molecule has 4 nitrogen and oxygen atoms in total. The lowest BCUT2D eigenvalue weighted by atomic mass is 10.0. The Labute approximate surface area is 118 Å². The van der Waals surface area contributed by atoms with Crippen LogP contribution in [-0.2, 0) is 6.42 Å². The van der Waals surface area contributed by atoms with Crippen molar-refractivity contribution < 1.29 is 0 Å². The molecule has 0 aliphatic rings. The van der Waals surface area contributed by atoms with Gasteiger partial charge in [0.15, 0.2) is 0 Å². The molecule has 0 saturated heterocycles. The molecule has 2 heterocycles. The van der Waals surface area contributed by atoms with E-state index in [4.69, 9.17) is 5.73 Å². The van der Waals surface area contributed by atoms with E-state index < -0.39 is 0 Å². The van der Waals surface area contributed by atoms with Crippen LogP contribution in [0.3, 0.4) is 0 Å². The molecule has 0 unspecified atom stereocenters. The summed E-state index contributed by atoms with van der Waals surface area (Å²) in [6, 6.07) is 10.1. The minimum atomic E-state index is 0.438. The first-order chi connectivity index (χ1) is 9.63. The maximum absolute atomic E-state index is 6.03. The average Bonchev–Trinajstić information content (AvgIpc) is 2.78. The molecule has 2 aromatic heterocycles. The number of rotatable bonds is 2.